The summed E-state index contributed by atoms with van der Waals surface area (Å²) in [4.78, 5) is 21.9. The third-order valence-electron chi connectivity index (χ3n) is 5.56. The average Bonchev–Trinajstić information content (AvgIpc) is 3.36. The molecule has 2 aromatic carbocycles. The summed E-state index contributed by atoms with van der Waals surface area (Å²) in [5.74, 6) is 0.824. The SMILES string of the molecule is C[C@H](N)c1nc(-c2cccc(C(=O)Nc3ccc4ccn(C)c4c3)c2)c2c(N)nccn12. The van der Waals surface area contributed by atoms with E-state index in [1.807, 2.05) is 65.5 Å². The van der Waals surface area contributed by atoms with Crippen molar-refractivity contribution in [3.8, 4) is 11.3 Å². The van der Waals surface area contributed by atoms with Crippen molar-refractivity contribution in [2.45, 2.75) is 13.0 Å². The molecule has 1 amide bonds. The molecule has 3 heterocycles. The average molecular weight is 425 g/mol. The Morgan fingerprint density at radius 2 is 1.97 bits per heavy atom. The fourth-order valence-electron chi connectivity index (χ4n) is 3.96. The third-order valence-corrected chi connectivity index (χ3v) is 5.56. The summed E-state index contributed by atoms with van der Waals surface area (Å²) in [5.41, 5.74) is 16.7. The zero-order chi connectivity index (χ0) is 22.4. The number of benzene rings is 2. The highest BCUT2D eigenvalue weighted by atomic mass is 16.1. The predicted octanol–water partition coefficient (Wildman–Crippen LogP) is 3.74. The fraction of sp³-hybridized carbons (Fsp3) is 0.125. The number of amides is 1. The van der Waals surface area contributed by atoms with Crippen molar-refractivity contribution in [1.29, 1.82) is 0 Å². The Morgan fingerprint density at radius 3 is 2.78 bits per heavy atom. The molecule has 160 valence electrons. The van der Waals surface area contributed by atoms with Gasteiger partial charge in [-0.05, 0) is 42.6 Å². The molecule has 5 rings (SSSR count). The number of carbonyl (C=O) groups excluding carboxylic acids is 1. The van der Waals surface area contributed by atoms with Gasteiger partial charge in [0.25, 0.3) is 5.91 Å². The van der Waals surface area contributed by atoms with Crippen molar-refractivity contribution >= 4 is 33.8 Å². The number of hydrogen-bond acceptors (Lipinski definition) is 5. The van der Waals surface area contributed by atoms with Gasteiger partial charge >= 0.3 is 0 Å². The van der Waals surface area contributed by atoms with Gasteiger partial charge in [0.15, 0.2) is 0 Å². The van der Waals surface area contributed by atoms with Crippen molar-refractivity contribution in [3.63, 3.8) is 0 Å². The van der Waals surface area contributed by atoms with Crippen LogP contribution in [-0.2, 0) is 7.05 Å². The maximum Gasteiger partial charge on any atom is 0.255 e. The number of fused-ring (bicyclic) bond motifs is 2. The summed E-state index contributed by atoms with van der Waals surface area (Å²) in [6.07, 6.45) is 5.40. The minimum Gasteiger partial charge on any atom is -0.382 e. The normalized spacial score (nSPS) is 12.3. The van der Waals surface area contributed by atoms with E-state index in [1.165, 1.54) is 0 Å². The number of aromatic nitrogens is 4. The van der Waals surface area contributed by atoms with E-state index in [2.05, 4.69) is 10.3 Å². The first-order chi connectivity index (χ1) is 15.4. The second-order valence-corrected chi connectivity index (χ2v) is 7.87. The minimum atomic E-state index is -0.294. The number of nitrogen functional groups attached to an aromatic ring is 1. The van der Waals surface area contributed by atoms with Gasteiger partial charge < -0.3 is 21.4 Å². The van der Waals surface area contributed by atoms with E-state index in [4.69, 9.17) is 16.5 Å². The Hall–Kier alpha value is -4.17. The number of aryl methyl sites for hydroxylation is 1. The minimum absolute atomic E-state index is 0.206. The van der Waals surface area contributed by atoms with Gasteiger partial charge in [-0.25, -0.2) is 9.97 Å². The highest BCUT2D eigenvalue weighted by molar-refractivity contribution is 6.06. The molecule has 32 heavy (non-hydrogen) atoms. The molecule has 1 atom stereocenters. The molecule has 0 radical (unpaired) electrons. The van der Waals surface area contributed by atoms with Crippen LogP contribution in [0.4, 0.5) is 11.5 Å². The van der Waals surface area contributed by atoms with Crippen LogP contribution in [0, 0.1) is 0 Å². The molecule has 0 saturated carbocycles. The van der Waals surface area contributed by atoms with E-state index in [0.29, 0.717) is 28.4 Å². The number of nitrogens with one attached hydrogen (secondary N) is 1. The lowest BCUT2D eigenvalue weighted by Crippen LogP contribution is -2.12. The number of anilines is 2. The van der Waals surface area contributed by atoms with E-state index < -0.39 is 0 Å². The van der Waals surface area contributed by atoms with Gasteiger partial charge in [-0.3, -0.25) is 9.20 Å². The van der Waals surface area contributed by atoms with Crippen molar-refractivity contribution < 1.29 is 4.79 Å². The number of nitrogens with zero attached hydrogens (tertiary/aromatic N) is 4. The molecule has 8 nitrogen and oxygen atoms in total. The Labute approximate surface area is 184 Å². The second-order valence-electron chi connectivity index (χ2n) is 7.87. The maximum atomic E-state index is 13.0. The first-order valence-corrected chi connectivity index (χ1v) is 10.3. The standard InChI is InChI=1S/C24H23N7O/c1-14(25)23-29-20(21-22(26)27-9-11-31(21)23)16-4-3-5-17(12-16)24(32)28-18-7-6-15-8-10-30(2)19(15)13-18/h3-14H,25H2,1-2H3,(H2,26,27)(H,28,32)/t14-/m0/s1. The molecule has 3 aromatic heterocycles. The van der Waals surface area contributed by atoms with Gasteiger partial charge in [-0.1, -0.05) is 18.2 Å². The van der Waals surface area contributed by atoms with E-state index in [-0.39, 0.29) is 11.9 Å². The molecular weight excluding hydrogens is 402 g/mol. The van der Waals surface area contributed by atoms with Crippen LogP contribution in [-0.4, -0.2) is 24.8 Å². The van der Waals surface area contributed by atoms with Gasteiger partial charge in [-0.2, -0.15) is 0 Å². The number of hydrogen-bond donors (Lipinski definition) is 3. The van der Waals surface area contributed by atoms with Crippen LogP contribution in [0.25, 0.3) is 27.7 Å². The quantitative estimate of drug-likeness (QED) is 0.406. The Morgan fingerprint density at radius 1 is 1.12 bits per heavy atom. The lowest BCUT2D eigenvalue weighted by atomic mass is 10.1. The summed E-state index contributed by atoms with van der Waals surface area (Å²) in [6.45, 7) is 1.86. The Balaban J connectivity index is 1.52. The molecule has 0 unspecified atom stereocenters. The van der Waals surface area contributed by atoms with Gasteiger partial charge in [0.1, 0.15) is 22.9 Å². The van der Waals surface area contributed by atoms with Crippen molar-refractivity contribution in [3.05, 3.63) is 78.5 Å². The lowest BCUT2D eigenvalue weighted by molar-refractivity contribution is 0.102. The van der Waals surface area contributed by atoms with Crippen LogP contribution in [0.15, 0.2) is 67.1 Å². The summed E-state index contributed by atoms with van der Waals surface area (Å²) < 4.78 is 3.87. The molecule has 5 aromatic rings. The third kappa shape index (κ3) is 3.27. The molecule has 0 aliphatic rings. The largest absolute Gasteiger partial charge is 0.382 e. The van der Waals surface area contributed by atoms with Crippen LogP contribution >= 0.6 is 0 Å². The van der Waals surface area contributed by atoms with Crippen molar-refractivity contribution in [2.75, 3.05) is 11.1 Å². The molecular formula is C24H23N7O. The Bertz CT molecular complexity index is 1480. The first kappa shape index (κ1) is 19.8. The molecule has 0 aliphatic heterocycles. The zero-order valence-electron chi connectivity index (χ0n) is 17.8. The summed E-state index contributed by atoms with van der Waals surface area (Å²) in [6, 6.07) is 14.9. The van der Waals surface area contributed by atoms with Gasteiger partial charge in [0, 0.05) is 48.0 Å². The smallest absolute Gasteiger partial charge is 0.255 e. The van der Waals surface area contributed by atoms with Crippen molar-refractivity contribution in [1.82, 2.24) is 18.9 Å². The van der Waals surface area contributed by atoms with Crippen molar-refractivity contribution in [2.24, 2.45) is 12.8 Å². The van der Waals surface area contributed by atoms with Gasteiger partial charge in [0.2, 0.25) is 0 Å². The van der Waals surface area contributed by atoms with E-state index in [0.717, 1.165) is 22.2 Å². The molecule has 5 N–H and O–H groups in total. The lowest BCUT2D eigenvalue weighted by Gasteiger charge is -2.08. The molecule has 0 saturated heterocycles. The fourth-order valence-corrected chi connectivity index (χ4v) is 3.96. The summed E-state index contributed by atoms with van der Waals surface area (Å²) >= 11 is 0. The van der Waals surface area contributed by atoms with E-state index in [1.54, 1.807) is 24.5 Å². The predicted molar refractivity (Wildman–Crippen MR) is 126 cm³/mol. The van der Waals surface area contributed by atoms with Crippen LogP contribution in [0.2, 0.25) is 0 Å². The summed E-state index contributed by atoms with van der Waals surface area (Å²) in [5, 5.41) is 4.10. The monoisotopic (exact) mass is 425 g/mol. The van der Waals surface area contributed by atoms with E-state index in [9.17, 15) is 4.79 Å². The molecule has 0 bridgehead atoms. The van der Waals surface area contributed by atoms with Crippen LogP contribution in [0.1, 0.15) is 29.1 Å². The second kappa shape index (κ2) is 7.51. The first-order valence-electron chi connectivity index (χ1n) is 10.3. The highest BCUT2D eigenvalue weighted by Gasteiger charge is 2.19. The van der Waals surface area contributed by atoms with Crippen LogP contribution in [0.5, 0.6) is 0 Å². The van der Waals surface area contributed by atoms with Gasteiger partial charge in [0.05, 0.1) is 6.04 Å². The van der Waals surface area contributed by atoms with Crippen LogP contribution in [0.3, 0.4) is 0 Å². The van der Waals surface area contributed by atoms with Crippen LogP contribution < -0.4 is 16.8 Å². The number of rotatable bonds is 4. The number of carbonyl (C=O) groups is 1. The van der Waals surface area contributed by atoms with Gasteiger partial charge in [-0.15, -0.1) is 0 Å². The molecule has 0 spiro atoms. The molecule has 0 aliphatic carbocycles. The molecule has 0 fully saturated rings. The molecule has 8 heteroatoms. The zero-order valence-corrected chi connectivity index (χ0v) is 17.8. The maximum absolute atomic E-state index is 13.0. The summed E-state index contributed by atoms with van der Waals surface area (Å²) in [7, 11) is 1.98. The highest BCUT2D eigenvalue weighted by Crippen LogP contribution is 2.30. The topological polar surface area (TPSA) is 116 Å². The number of nitrogens with two attached hydrogens (primary N) is 2. The van der Waals surface area contributed by atoms with E-state index >= 15 is 0 Å². The Kier molecular flexibility index (Phi) is 4.64. The number of imidazole rings is 1.